The minimum Gasteiger partial charge on any atom is -0.466 e. The molecule has 340 valence electrons. The molecule has 0 fully saturated rings. The van der Waals surface area contributed by atoms with Crippen LogP contribution in [0.4, 0.5) is 0 Å². The van der Waals surface area contributed by atoms with E-state index in [4.69, 9.17) is 9.47 Å². The van der Waals surface area contributed by atoms with E-state index in [0.29, 0.717) is 25.9 Å². The van der Waals surface area contributed by atoms with Crippen LogP contribution in [0.15, 0.2) is 0 Å². The molecule has 0 saturated heterocycles. The summed E-state index contributed by atoms with van der Waals surface area (Å²) >= 11 is 0. The van der Waals surface area contributed by atoms with Crippen LogP contribution in [0.2, 0.25) is 0 Å². The Bertz CT molecular complexity index is 810. The molecule has 0 radical (unpaired) electrons. The molecule has 0 amide bonds. The van der Waals surface area contributed by atoms with Crippen LogP contribution >= 0.6 is 0 Å². The lowest BCUT2D eigenvalue weighted by Crippen LogP contribution is -2.27. The lowest BCUT2D eigenvalue weighted by atomic mass is 10.0. The highest BCUT2D eigenvalue weighted by molar-refractivity contribution is 5.69. The van der Waals surface area contributed by atoms with Crippen molar-refractivity contribution >= 4 is 18.2 Å². The monoisotopic (exact) mass is 811 g/mol. The van der Waals surface area contributed by atoms with E-state index in [1.165, 1.54) is 141 Å². The fourth-order valence-electron chi connectivity index (χ4n) is 7.13. The molecule has 0 saturated carbocycles. The molecule has 0 aromatic rings. The van der Waals surface area contributed by atoms with E-state index in [9.17, 15) is 14.4 Å². The van der Waals surface area contributed by atoms with Gasteiger partial charge in [0.15, 0.2) is 0 Å². The van der Waals surface area contributed by atoms with Crippen molar-refractivity contribution in [2.24, 2.45) is 0 Å². The minimum absolute atomic E-state index is 0.0158. The number of hydrogen-bond donors (Lipinski definition) is 0. The van der Waals surface area contributed by atoms with Crippen molar-refractivity contribution < 1.29 is 28.7 Å². The highest BCUT2D eigenvalue weighted by Crippen LogP contribution is 2.19. The number of aldehydes is 1. The first kappa shape index (κ1) is 57.6. The summed E-state index contributed by atoms with van der Waals surface area (Å²) < 4.78 is 11.5. The number of ether oxygens (including phenoxy) is 2. The summed E-state index contributed by atoms with van der Waals surface area (Å²) in [5.41, 5.74) is 0. The molecular formula is C49H98N2O6. The average molecular weight is 811 g/mol. The lowest BCUT2D eigenvalue weighted by molar-refractivity contribution is -0.150. The Labute approximate surface area is 355 Å². The summed E-state index contributed by atoms with van der Waals surface area (Å²) in [5, 5.41) is 1.62. The number of hydroxylamine groups is 2. The molecule has 0 aromatic carbocycles. The van der Waals surface area contributed by atoms with Crippen LogP contribution in [-0.4, -0.2) is 81.7 Å². The van der Waals surface area contributed by atoms with E-state index >= 15 is 0 Å². The van der Waals surface area contributed by atoms with Gasteiger partial charge in [-0.05, 0) is 83.8 Å². The molecule has 0 aliphatic carbocycles. The molecule has 8 nitrogen and oxygen atoms in total. The highest BCUT2D eigenvalue weighted by atomic mass is 16.7. The van der Waals surface area contributed by atoms with E-state index in [1.807, 2.05) is 14.1 Å². The maximum Gasteiger partial charge on any atom is 0.306 e. The van der Waals surface area contributed by atoms with Crippen LogP contribution in [0.3, 0.4) is 0 Å². The Morgan fingerprint density at radius 2 is 0.860 bits per heavy atom. The van der Waals surface area contributed by atoms with Crippen molar-refractivity contribution in [3.63, 3.8) is 0 Å². The predicted molar refractivity (Wildman–Crippen MR) is 243 cm³/mol. The first-order valence-electron chi connectivity index (χ1n) is 24.6. The standard InChI is InChI=1S/C46H89NO5.C3H9NO/c1-4-7-10-13-16-25-34-43-51-45(49)37-28-21-17-23-30-39-47(41-32-33-42-48)40-31-24-18-22-29-38-46(50)52-44(35-26-19-14-11-8-5-2)36-27-20-15-12-9-6-3;1-4(2)5-3/h42,44H,4-41,43H2,1-3H3;1-3H3. The largest absolute Gasteiger partial charge is 0.466 e. The second-order valence-corrected chi connectivity index (χ2v) is 16.7. The van der Waals surface area contributed by atoms with Crippen LogP contribution in [0.1, 0.15) is 245 Å². The molecule has 0 N–H and O–H groups in total. The summed E-state index contributed by atoms with van der Waals surface area (Å²) in [6.07, 6.45) is 41.0. The normalized spacial score (nSPS) is 11.3. The van der Waals surface area contributed by atoms with E-state index < -0.39 is 0 Å². The smallest absolute Gasteiger partial charge is 0.306 e. The first-order chi connectivity index (χ1) is 27.8. The van der Waals surface area contributed by atoms with Crippen molar-refractivity contribution in [3.8, 4) is 0 Å². The van der Waals surface area contributed by atoms with Gasteiger partial charge in [0.2, 0.25) is 0 Å². The molecule has 0 heterocycles. The molecule has 0 unspecified atom stereocenters. The zero-order chi connectivity index (χ0) is 42.3. The van der Waals surface area contributed by atoms with Gasteiger partial charge < -0.3 is 24.0 Å². The third kappa shape index (κ3) is 48.8. The number of carbonyl (C=O) groups is 3. The summed E-state index contributed by atoms with van der Waals surface area (Å²) in [6.45, 7) is 10.5. The molecular weight excluding hydrogens is 713 g/mol. The van der Waals surface area contributed by atoms with Crippen LogP contribution in [0, 0.1) is 0 Å². The van der Waals surface area contributed by atoms with E-state index in [1.54, 1.807) is 12.2 Å². The number of hydrogen-bond acceptors (Lipinski definition) is 8. The second kappa shape index (κ2) is 48.9. The van der Waals surface area contributed by atoms with Gasteiger partial charge in [0.25, 0.3) is 0 Å². The first-order valence-corrected chi connectivity index (χ1v) is 24.6. The quantitative estimate of drug-likeness (QED) is 0.0260. The van der Waals surface area contributed by atoms with Crippen LogP contribution < -0.4 is 0 Å². The van der Waals surface area contributed by atoms with Crippen molar-refractivity contribution in [2.75, 3.05) is 47.4 Å². The number of unbranched alkanes of at least 4 members (excludes halogenated alkanes) is 25. The zero-order valence-corrected chi connectivity index (χ0v) is 39.1. The average Bonchev–Trinajstić information content (AvgIpc) is 3.20. The minimum atomic E-state index is -0.0292. The van der Waals surface area contributed by atoms with Gasteiger partial charge in [0.1, 0.15) is 12.4 Å². The lowest BCUT2D eigenvalue weighted by Gasteiger charge is -2.22. The Morgan fingerprint density at radius 3 is 1.30 bits per heavy atom. The fraction of sp³-hybridized carbons (Fsp3) is 0.939. The molecule has 8 heteroatoms. The van der Waals surface area contributed by atoms with E-state index in [0.717, 1.165) is 90.1 Å². The molecule has 0 spiro atoms. The van der Waals surface area contributed by atoms with E-state index in [-0.39, 0.29) is 18.0 Å². The van der Waals surface area contributed by atoms with Crippen LogP contribution in [0.25, 0.3) is 0 Å². The summed E-state index contributed by atoms with van der Waals surface area (Å²) in [4.78, 5) is 42.8. The highest BCUT2D eigenvalue weighted by Gasteiger charge is 2.14. The Kier molecular flexibility index (Phi) is 49.4. The number of carbonyl (C=O) groups excluding carboxylic acids is 3. The molecule has 0 bridgehead atoms. The predicted octanol–water partition coefficient (Wildman–Crippen LogP) is 13.8. The third-order valence-electron chi connectivity index (χ3n) is 10.9. The summed E-state index contributed by atoms with van der Waals surface area (Å²) in [7, 11) is 5.29. The van der Waals surface area contributed by atoms with Gasteiger partial charge >= 0.3 is 11.9 Å². The summed E-state index contributed by atoms with van der Waals surface area (Å²) in [5.74, 6) is -0.0134. The van der Waals surface area contributed by atoms with Crippen molar-refractivity contribution in [2.45, 2.75) is 252 Å². The molecule has 0 aliphatic heterocycles. The van der Waals surface area contributed by atoms with Crippen LogP contribution in [0.5, 0.6) is 0 Å². The Balaban J connectivity index is 0. The SMILES string of the molecule is CCCCCCCCCOC(=O)CCCCCCCN(CCCC=O)CCCCCCCC(=O)OC(CCCCCCCC)CCCCCCCC.CON(C)C. The van der Waals surface area contributed by atoms with Gasteiger partial charge in [-0.25, -0.2) is 0 Å². The second-order valence-electron chi connectivity index (χ2n) is 16.7. The summed E-state index contributed by atoms with van der Waals surface area (Å²) in [6, 6.07) is 0. The van der Waals surface area contributed by atoms with Crippen LogP contribution in [-0.2, 0) is 28.7 Å². The molecule has 0 aliphatic rings. The number of rotatable bonds is 44. The maximum absolute atomic E-state index is 12.7. The van der Waals surface area contributed by atoms with Gasteiger partial charge in [0, 0.05) is 33.4 Å². The maximum atomic E-state index is 12.7. The van der Waals surface area contributed by atoms with Gasteiger partial charge in [-0.15, -0.1) is 0 Å². The molecule has 57 heavy (non-hydrogen) atoms. The van der Waals surface area contributed by atoms with Crippen molar-refractivity contribution in [1.29, 1.82) is 0 Å². The van der Waals surface area contributed by atoms with Gasteiger partial charge in [-0.1, -0.05) is 162 Å². The van der Waals surface area contributed by atoms with Gasteiger partial charge in [-0.2, -0.15) is 5.06 Å². The Morgan fingerprint density at radius 1 is 0.491 bits per heavy atom. The molecule has 0 atom stereocenters. The fourth-order valence-corrected chi connectivity index (χ4v) is 7.13. The van der Waals surface area contributed by atoms with Crippen molar-refractivity contribution in [1.82, 2.24) is 9.96 Å². The Hall–Kier alpha value is -1.51. The number of nitrogens with zero attached hydrogens (tertiary/aromatic N) is 2. The zero-order valence-electron chi connectivity index (χ0n) is 39.1. The van der Waals surface area contributed by atoms with Crippen molar-refractivity contribution in [3.05, 3.63) is 0 Å². The van der Waals surface area contributed by atoms with Gasteiger partial charge in [0.05, 0.1) is 13.7 Å². The molecule has 0 aromatic heterocycles. The topological polar surface area (TPSA) is 85.4 Å². The third-order valence-corrected chi connectivity index (χ3v) is 10.9. The number of esters is 2. The molecule has 0 rings (SSSR count). The van der Waals surface area contributed by atoms with Gasteiger partial charge in [-0.3, -0.25) is 9.59 Å². The van der Waals surface area contributed by atoms with E-state index in [2.05, 4.69) is 30.5 Å².